The second-order valence-electron chi connectivity index (χ2n) is 4.25. The summed E-state index contributed by atoms with van der Waals surface area (Å²) in [5.41, 5.74) is 2.18. The summed E-state index contributed by atoms with van der Waals surface area (Å²) in [5, 5.41) is 0. The zero-order valence-electron chi connectivity index (χ0n) is 7.41. The highest BCUT2D eigenvalue weighted by atomic mass is 14.9. The van der Waals surface area contributed by atoms with Crippen LogP contribution in [0, 0.1) is 5.41 Å². The molecule has 0 aliphatic heterocycles. The van der Waals surface area contributed by atoms with E-state index < -0.39 is 0 Å². The van der Waals surface area contributed by atoms with Crippen LogP contribution in [0.4, 0.5) is 0 Å². The topological polar surface area (TPSA) is 0 Å². The zero-order valence-corrected chi connectivity index (χ0v) is 7.41. The van der Waals surface area contributed by atoms with Gasteiger partial charge in [-0.05, 0) is 38.0 Å². The summed E-state index contributed by atoms with van der Waals surface area (Å²) in [4.78, 5) is 0. The van der Waals surface area contributed by atoms with Gasteiger partial charge in [0.1, 0.15) is 0 Å². The van der Waals surface area contributed by atoms with E-state index in [1.54, 1.807) is 5.57 Å². The maximum absolute atomic E-state index is 2.40. The summed E-state index contributed by atoms with van der Waals surface area (Å²) in [6.07, 6.45) is 7.74. The van der Waals surface area contributed by atoms with Crippen LogP contribution in [0.3, 0.4) is 0 Å². The van der Waals surface area contributed by atoms with Crippen molar-refractivity contribution in [3.63, 3.8) is 0 Å². The van der Waals surface area contributed by atoms with Gasteiger partial charge in [-0.15, -0.1) is 0 Å². The van der Waals surface area contributed by atoms with Crippen molar-refractivity contribution in [2.24, 2.45) is 5.41 Å². The van der Waals surface area contributed by atoms with Crippen molar-refractivity contribution in [3.05, 3.63) is 11.6 Å². The minimum atomic E-state index is 0.592. The van der Waals surface area contributed by atoms with E-state index in [2.05, 4.69) is 26.8 Å². The minimum absolute atomic E-state index is 0.592. The molecule has 0 N–H and O–H groups in total. The molecule has 0 saturated heterocycles. The Morgan fingerprint density at radius 2 is 2.00 bits per heavy atom. The molecule has 0 fully saturated rings. The van der Waals surface area contributed by atoms with Crippen LogP contribution < -0.4 is 0 Å². The van der Waals surface area contributed by atoms with Crippen LogP contribution in [-0.4, -0.2) is 0 Å². The third-order valence-corrected chi connectivity index (χ3v) is 2.51. The molecule has 1 rings (SSSR count). The first-order valence-corrected chi connectivity index (χ1v) is 4.26. The van der Waals surface area contributed by atoms with E-state index in [0.29, 0.717) is 5.41 Å². The molecule has 10 heavy (non-hydrogen) atoms. The lowest BCUT2D eigenvalue weighted by Gasteiger charge is -2.21. The molecule has 0 heterocycles. The van der Waals surface area contributed by atoms with Crippen molar-refractivity contribution < 1.29 is 0 Å². The Morgan fingerprint density at radius 1 is 1.30 bits per heavy atom. The van der Waals surface area contributed by atoms with E-state index in [1.807, 2.05) is 0 Å². The van der Waals surface area contributed by atoms with Crippen LogP contribution in [0.1, 0.15) is 46.5 Å². The molecule has 0 saturated carbocycles. The normalized spacial score (nSPS) is 34.9. The first-order chi connectivity index (χ1) is 4.60. The first kappa shape index (κ1) is 7.84. The molecule has 0 heteroatoms. The Balaban J connectivity index is 2.52. The molecule has 1 aliphatic rings. The van der Waals surface area contributed by atoms with Gasteiger partial charge in [-0.2, -0.15) is 0 Å². The van der Waals surface area contributed by atoms with Gasteiger partial charge in [0, 0.05) is 0 Å². The molecular weight excluding hydrogens is 124 g/mol. The van der Waals surface area contributed by atoms with E-state index in [4.69, 9.17) is 0 Å². The van der Waals surface area contributed by atoms with Crippen molar-refractivity contribution in [2.45, 2.75) is 46.5 Å². The molecule has 1 atom stereocenters. The van der Waals surface area contributed by atoms with Crippen LogP contribution in [0.15, 0.2) is 11.6 Å². The van der Waals surface area contributed by atoms with Crippen LogP contribution in [0.5, 0.6) is 0 Å². The largest absolute Gasteiger partial charge is 0.0856 e. The fraction of sp³-hybridized carbons (Fsp3) is 0.800. The molecule has 0 radical (unpaired) electrons. The monoisotopic (exact) mass is 142 g/mol. The van der Waals surface area contributed by atoms with Gasteiger partial charge in [0.15, 0.2) is 0 Å². The maximum Gasteiger partial charge on any atom is -0.0318 e. The molecule has 0 aromatic heterocycles. The molecule has 0 aromatic rings. The van der Waals surface area contributed by atoms with E-state index in [0.717, 1.165) is 0 Å². The molecule has 1 aliphatic carbocycles. The number of hydrogen-bond donors (Lipinski definition) is 0. The fourth-order valence-corrected chi connectivity index (χ4v) is 1.47. The third-order valence-electron chi connectivity index (χ3n) is 2.51. The van der Waals surface area contributed by atoms with E-state index in [-0.39, 0.29) is 0 Å². The zero-order chi connectivity index (χ0) is 7.61. The van der Waals surface area contributed by atoms with E-state index >= 15 is 0 Å². The SMILES string of the molecule is C[13C]1=CCC[13C](C)([13CH3])C[13CH2]1. The van der Waals surface area contributed by atoms with Crippen molar-refractivity contribution in [3.8, 4) is 0 Å². The number of allylic oxidation sites excluding steroid dienone is 2. The van der Waals surface area contributed by atoms with Crippen LogP contribution in [0.2, 0.25) is 0 Å². The standard InChI is InChI=1S/C10H18/c1-9-5-4-7-10(2,3)8-6-9/h5H,4,6-8H2,1-3H3/i2+1,6+1,9+1,10+1. The molecule has 0 amide bonds. The fourth-order valence-electron chi connectivity index (χ4n) is 1.47. The van der Waals surface area contributed by atoms with Crippen molar-refractivity contribution >= 4 is 0 Å². The van der Waals surface area contributed by atoms with Crippen molar-refractivity contribution in [1.29, 1.82) is 0 Å². The summed E-state index contributed by atoms with van der Waals surface area (Å²) in [7, 11) is 0. The van der Waals surface area contributed by atoms with Crippen molar-refractivity contribution in [2.75, 3.05) is 0 Å². The molecule has 0 nitrogen and oxygen atoms in total. The summed E-state index contributed by atoms with van der Waals surface area (Å²) >= 11 is 0. The van der Waals surface area contributed by atoms with Crippen LogP contribution in [-0.2, 0) is 0 Å². The molecule has 58 valence electrons. The Hall–Kier alpha value is -0.260. The number of rotatable bonds is 0. The third kappa shape index (κ3) is 2.17. The number of hydrogen-bond acceptors (Lipinski definition) is 0. The van der Waals surface area contributed by atoms with Gasteiger partial charge in [0.25, 0.3) is 0 Å². The Morgan fingerprint density at radius 3 is 2.70 bits per heavy atom. The van der Waals surface area contributed by atoms with Gasteiger partial charge in [-0.3, -0.25) is 0 Å². The Kier molecular flexibility index (Phi) is 2.18. The lowest BCUT2D eigenvalue weighted by molar-refractivity contribution is 0.318. The molecular formula is C10H18. The van der Waals surface area contributed by atoms with Crippen LogP contribution >= 0.6 is 0 Å². The Bertz CT molecular complexity index is 140. The maximum atomic E-state index is 2.40. The summed E-state index contributed by atoms with van der Waals surface area (Å²) in [6.45, 7) is 7.00. The van der Waals surface area contributed by atoms with Gasteiger partial charge in [0.05, 0.1) is 0 Å². The smallest absolute Gasteiger partial charge is 0.0318 e. The van der Waals surface area contributed by atoms with Gasteiger partial charge in [-0.25, -0.2) is 0 Å². The van der Waals surface area contributed by atoms with Crippen molar-refractivity contribution in [1.82, 2.24) is 0 Å². The predicted octanol–water partition coefficient (Wildman–Crippen LogP) is 3.53. The highest BCUT2D eigenvalue weighted by Gasteiger charge is 2.18. The molecule has 1 unspecified atom stereocenters. The highest BCUT2D eigenvalue weighted by molar-refractivity contribution is 5.01. The lowest BCUT2D eigenvalue weighted by atomic mass is 10.3. The van der Waals surface area contributed by atoms with E-state index in [9.17, 15) is 0 Å². The minimum Gasteiger partial charge on any atom is -0.0856 e. The highest BCUT2D eigenvalue weighted by Crippen LogP contribution is 2.32. The molecule has 0 bridgehead atoms. The van der Waals surface area contributed by atoms with Gasteiger partial charge in [-0.1, -0.05) is 25.5 Å². The van der Waals surface area contributed by atoms with Gasteiger partial charge < -0.3 is 0 Å². The summed E-state index contributed by atoms with van der Waals surface area (Å²) < 4.78 is 0. The average molecular weight is 142 g/mol. The van der Waals surface area contributed by atoms with Crippen LogP contribution in [0.25, 0.3) is 0 Å². The summed E-state index contributed by atoms with van der Waals surface area (Å²) in [5.74, 6) is 0. The van der Waals surface area contributed by atoms with Gasteiger partial charge in [0.2, 0.25) is 0 Å². The molecule has 0 spiro atoms. The quantitative estimate of drug-likeness (QED) is 0.358. The lowest BCUT2D eigenvalue weighted by Crippen LogP contribution is -2.08. The van der Waals surface area contributed by atoms with E-state index in [1.165, 1.54) is 25.7 Å². The summed E-state index contributed by atoms with van der Waals surface area (Å²) in [6, 6.07) is 0. The predicted molar refractivity (Wildman–Crippen MR) is 46.0 cm³/mol. The first-order valence-electron chi connectivity index (χ1n) is 4.26. The Labute approximate surface area is 64.3 Å². The average Bonchev–Trinajstić information content (AvgIpc) is 1.94. The molecule has 0 aromatic carbocycles. The van der Waals surface area contributed by atoms with Gasteiger partial charge >= 0.3 is 0 Å². The second kappa shape index (κ2) is 2.77. The second-order valence-corrected chi connectivity index (χ2v) is 4.25.